The highest BCUT2D eigenvalue weighted by Gasteiger charge is 2.25. The lowest BCUT2D eigenvalue weighted by atomic mass is 10.1. The molecule has 1 aliphatic heterocycles. The molecule has 0 N–H and O–H groups in total. The van der Waals surface area contributed by atoms with E-state index in [4.69, 9.17) is 16.3 Å². The summed E-state index contributed by atoms with van der Waals surface area (Å²) in [6.07, 6.45) is 3.90. The highest BCUT2D eigenvalue weighted by molar-refractivity contribution is 6.30. The van der Waals surface area contributed by atoms with E-state index in [2.05, 4.69) is 9.97 Å². The van der Waals surface area contributed by atoms with Gasteiger partial charge in [0, 0.05) is 23.8 Å². The molecule has 24 heavy (non-hydrogen) atoms. The second kappa shape index (κ2) is 7.62. The lowest BCUT2D eigenvalue weighted by Crippen LogP contribution is -2.45. The summed E-state index contributed by atoms with van der Waals surface area (Å²) in [5, 5.41) is 0.678. The summed E-state index contributed by atoms with van der Waals surface area (Å²) >= 11 is 5.88. The first-order valence-corrected chi connectivity index (χ1v) is 8.46. The van der Waals surface area contributed by atoms with E-state index in [9.17, 15) is 4.79 Å². The van der Waals surface area contributed by atoms with E-state index in [1.165, 1.54) is 0 Å². The van der Waals surface area contributed by atoms with Crippen LogP contribution >= 0.6 is 11.6 Å². The summed E-state index contributed by atoms with van der Waals surface area (Å²) in [6, 6.07) is 9.15. The maximum atomic E-state index is 12.5. The smallest absolute Gasteiger partial charge is 0.227 e. The van der Waals surface area contributed by atoms with Gasteiger partial charge in [-0.3, -0.25) is 4.79 Å². The molecule has 6 heteroatoms. The highest BCUT2D eigenvalue weighted by atomic mass is 35.5. The van der Waals surface area contributed by atoms with Crippen molar-refractivity contribution in [1.29, 1.82) is 0 Å². The van der Waals surface area contributed by atoms with Crippen LogP contribution in [-0.2, 0) is 11.2 Å². The van der Waals surface area contributed by atoms with Crippen molar-refractivity contribution >= 4 is 17.5 Å². The van der Waals surface area contributed by atoms with E-state index < -0.39 is 0 Å². The van der Waals surface area contributed by atoms with Crippen LogP contribution in [0.5, 0.6) is 5.88 Å². The summed E-state index contributed by atoms with van der Waals surface area (Å²) < 4.78 is 5.92. The van der Waals surface area contributed by atoms with Gasteiger partial charge in [0.2, 0.25) is 11.8 Å². The SMILES string of the molecule is Cc1nccc(O[C@H]2CCCN(C(=O)Cc3ccc(Cl)cc3)C2)n1. The summed E-state index contributed by atoms with van der Waals surface area (Å²) in [5.41, 5.74) is 0.971. The van der Waals surface area contributed by atoms with Crippen LogP contribution < -0.4 is 4.74 Å². The summed E-state index contributed by atoms with van der Waals surface area (Å²) in [5.74, 6) is 1.36. The normalized spacial score (nSPS) is 17.6. The number of hydrogen-bond donors (Lipinski definition) is 0. The molecule has 2 aromatic rings. The van der Waals surface area contributed by atoms with Crippen LogP contribution in [-0.4, -0.2) is 40.0 Å². The van der Waals surface area contributed by atoms with Crippen molar-refractivity contribution in [1.82, 2.24) is 14.9 Å². The zero-order chi connectivity index (χ0) is 16.9. The lowest BCUT2D eigenvalue weighted by molar-refractivity contribution is -0.133. The van der Waals surface area contributed by atoms with Crippen molar-refractivity contribution in [3.05, 3.63) is 52.9 Å². The number of benzene rings is 1. The molecule has 0 spiro atoms. The summed E-state index contributed by atoms with van der Waals surface area (Å²) in [4.78, 5) is 22.7. The number of carbonyl (C=O) groups excluding carboxylic acids is 1. The van der Waals surface area contributed by atoms with Gasteiger partial charge < -0.3 is 9.64 Å². The molecule has 1 aliphatic rings. The minimum Gasteiger partial charge on any atom is -0.472 e. The topological polar surface area (TPSA) is 55.3 Å². The molecular formula is C18H20ClN3O2. The zero-order valence-electron chi connectivity index (χ0n) is 13.6. The van der Waals surface area contributed by atoms with Crippen LogP contribution in [0.1, 0.15) is 24.2 Å². The Morgan fingerprint density at radius 1 is 1.33 bits per heavy atom. The van der Waals surface area contributed by atoms with Gasteiger partial charge in [-0.2, -0.15) is 4.98 Å². The van der Waals surface area contributed by atoms with Gasteiger partial charge in [0.1, 0.15) is 11.9 Å². The van der Waals surface area contributed by atoms with Crippen molar-refractivity contribution in [2.75, 3.05) is 13.1 Å². The number of amides is 1. The van der Waals surface area contributed by atoms with Crippen LogP contribution in [0.15, 0.2) is 36.5 Å². The number of rotatable bonds is 4. The van der Waals surface area contributed by atoms with E-state index in [1.807, 2.05) is 36.1 Å². The van der Waals surface area contributed by atoms with Crippen molar-refractivity contribution < 1.29 is 9.53 Å². The van der Waals surface area contributed by atoms with Crippen LogP contribution in [0.3, 0.4) is 0 Å². The van der Waals surface area contributed by atoms with Gasteiger partial charge in [-0.15, -0.1) is 0 Å². The Morgan fingerprint density at radius 3 is 2.88 bits per heavy atom. The minimum atomic E-state index is -0.0257. The Bertz CT molecular complexity index is 706. The van der Waals surface area contributed by atoms with Gasteiger partial charge in [0.05, 0.1) is 13.0 Å². The van der Waals surface area contributed by atoms with E-state index in [1.54, 1.807) is 12.3 Å². The number of halogens is 1. The molecule has 1 amide bonds. The highest BCUT2D eigenvalue weighted by Crippen LogP contribution is 2.18. The minimum absolute atomic E-state index is 0.0257. The molecule has 1 aromatic carbocycles. The van der Waals surface area contributed by atoms with E-state index in [0.29, 0.717) is 29.7 Å². The molecular weight excluding hydrogens is 326 g/mol. The van der Waals surface area contributed by atoms with Gasteiger partial charge in [0.15, 0.2) is 0 Å². The fraction of sp³-hybridized carbons (Fsp3) is 0.389. The van der Waals surface area contributed by atoms with Crippen LogP contribution in [0, 0.1) is 6.92 Å². The molecule has 1 atom stereocenters. The number of hydrogen-bond acceptors (Lipinski definition) is 4. The number of carbonyl (C=O) groups is 1. The fourth-order valence-corrected chi connectivity index (χ4v) is 2.95. The number of aryl methyl sites for hydroxylation is 1. The molecule has 3 rings (SSSR count). The first-order chi connectivity index (χ1) is 11.6. The van der Waals surface area contributed by atoms with Crippen LogP contribution in [0.2, 0.25) is 5.02 Å². The van der Waals surface area contributed by atoms with Gasteiger partial charge in [-0.25, -0.2) is 4.98 Å². The van der Waals surface area contributed by atoms with E-state index in [0.717, 1.165) is 24.9 Å². The molecule has 1 fully saturated rings. The maximum Gasteiger partial charge on any atom is 0.227 e. The first kappa shape index (κ1) is 16.7. The van der Waals surface area contributed by atoms with Gasteiger partial charge in [-0.1, -0.05) is 23.7 Å². The fourth-order valence-electron chi connectivity index (χ4n) is 2.82. The van der Waals surface area contributed by atoms with Crippen molar-refractivity contribution in [3.8, 4) is 5.88 Å². The number of aromatic nitrogens is 2. The Kier molecular flexibility index (Phi) is 5.30. The maximum absolute atomic E-state index is 12.5. The molecule has 5 nitrogen and oxygen atoms in total. The van der Waals surface area contributed by atoms with Crippen LogP contribution in [0.4, 0.5) is 0 Å². The standard InChI is InChI=1S/C18H20ClN3O2/c1-13-20-9-8-17(21-13)24-16-3-2-10-22(12-16)18(23)11-14-4-6-15(19)7-5-14/h4-9,16H,2-3,10-12H2,1H3/t16-/m0/s1. The Hall–Kier alpha value is -2.14. The lowest BCUT2D eigenvalue weighted by Gasteiger charge is -2.32. The van der Waals surface area contributed by atoms with Gasteiger partial charge in [-0.05, 0) is 37.5 Å². The van der Waals surface area contributed by atoms with E-state index in [-0.39, 0.29) is 12.0 Å². The molecule has 0 unspecified atom stereocenters. The number of nitrogens with zero attached hydrogens (tertiary/aromatic N) is 3. The third-order valence-corrected chi connectivity index (χ3v) is 4.29. The van der Waals surface area contributed by atoms with Crippen molar-refractivity contribution in [2.24, 2.45) is 0 Å². The molecule has 0 radical (unpaired) electrons. The Morgan fingerprint density at radius 2 is 2.12 bits per heavy atom. The molecule has 0 bridgehead atoms. The van der Waals surface area contributed by atoms with Crippen LogP contribution in [0.25, 0.3) is 0 Å². The summed E-state index contributed by atoms with van der Waals surface area (Å²) in [7, 11) is 0. The largest absolute Gasteiger partial charge is 0.472 e. The Balaban J connectivity index is 1.58. The molecule has 0 aliphatic carbocycles. The van der Waals surface area contributed by atoms with Crippen molar-refractivity contribution in [3.63, 3.8) is 0 Å². The summed E-state index contributed by atoms with van der Waals surface area (Å²) in [6.45, 7) is 3.19. The molecule has 1 saturated heterocycles. The zero-order valence-corrected chi connectivity index (χ0v) is 14.4. The Labute approximate surface area is 146 Å². The van der Waals surface area contributed by atoms with Gasteiger partial charge in [0.25, 0.3) is 0 Å². The number of likely N-dealkylation sites (tertiary alicyclic amines) is 1. The predicted octanol–water partition coefficient (Wildman–Crippen LogP) is 3.05. The monoisotopic (exact) mass is 345 g/mol. The first-order valence-electron chi connectivity index (χ1n) is 8.08. The van der Waals surface area contributed by atoms with Gasteiger partial charge >= 0.3 is 0 Å². The molecule has 0 saturated carbocycles. The predicted molar refractivity (Wildman–Crippen MR) is 92.2 cm³/mol. The third-order valence-electron chi connectivity index (χ3n) is 4.04. The molecule has 2 heterocycles. The number of piperidine rings is 1. The van der Waals surface area contributed by atoms with Crippen molar-refractivity contribution in [2.45, 2.75) is 32.3 Å². The second-order valence-corrected chi connectivity index (χ2v) is 6.40. The average Bonchev–Trinajstić information content (AvgIpc) is 2.57. The number of ether oxygens (including phenoxy) is 1. The van der Waals surface area contributed by atoms with E-state index >= 15 is 0 Å². The second-order valence-electron chi connectivity index (χ2n) is 5.97. The molecule has 1 aromatic heterocycles. The third kappa shape index (κ3) is 4.45. The quantitative estimate of drug-likeness (QED) is 0.854. The average molecular weight is 346 g/mol. The molecule has 126 valence electrons.